The predicted octanol–water partition coefficient (Wildman–Crippen LogP) is 2.63. The van der Waals surface area contributed by atoms with Gasteiger partial charge in [-0.3, -0.25) is 0 Å². The highest BCUT2D eigenvalue weighted by Crippen LogP contribution is 2.11. The largest absolute Gasteiger partial charge is 0.367 e. The molecule has 1 rings (SSSR count). The number of nitrogen functional groups attached to an aromatic ring is 1. The third kappa shape index (κ3) is 4.22. The Morgan fingerprint density at radius 3 is 2.62 bits per heavy atom. The lowest BCUT2D eigenvalue weighted by molar-refractivity contribution is 0.631. The highest BCUT2D eigenvalue weighted by atomic mass is 32.1. The lowest BCUT2D eigenvalue weighted by atomic mass is 10.1. The number of aryl methyl sites for hydroxylation is 1. The van der Waals surface area contributed by atoms with E-state index in [0.29, 0.717) is 5.95 Å². The summed E-state index contributed by atoms with van der Waals surface area (Å²) < 4.78 is 3.94. The van der Waals surface area contributed by atoms with E-state index >= 15 is 0 Å². The number of hydrogen-bond donors (Lipinski definition) is 1. The van der Waals surface area contributed by atoms with Gasteiger partial charge in [0.05, 0.1) is 0 Å². The van der Waals surface area contributed by atoms with Gasteiger partial charge in [-0.05, 0) is 18.0 Å². The monoisotopic (exact) mass is 199 g/mol. The van der Waals surface area contributed by atoms with E-state index in [1.807, 2.05) is 0 Å². The second-order valence-corrected chi connectivity index (χ2v) is 4.05. The van der Waals surface area contributed by atoms with Crippen LogP contribution < -0.4 is 5.73 Å². The summed E-state index contributed by atoms with van der Waals surface area (Å²) in [6.07, 6.45) is 7.54. The molecule has 0 aliphatic rings. The maximum absolute atomic E-state index is 5.42. The molecule has 0 saturated heterocycles. The van der Waals surface area contributed by atoms with Crippen LogP contribution in [0.1, 0.15) is 44.0 Å². The van der Waals surface area contributed by atoms with Crippen LogP contribution in [0.3, 0.4) is 0 Å². The quantitative estimate of drug-likeness (QED) is 0.716. The Kier molecular flexibility index (Phi) is 4.75. The van der Waals surface area contributed by atoms with Crippen molar-refractivity contribution < 1.29 is 0 Å². The molecule has 0 amide bonds. The molecule has 0 fully saturated rings. The first-order valence-electron chi connectivity index (χ1n) is 4.91. The minimum absolute atomic E-state index is 0.425. The molecule has 0 aliphatic heterocycles. The van der Waals surface area contributed by atoms with Gasteiger partial charge in [-0.1, -0.05) is 32.6 Å². The van der Waals surface area contributed by atoms with Crippen molar-refractivity contribution in [1.29, 1.82) is 0 Å². The van der Waals surface area contributed by atoms with Gasteiger partial charge in [0.25, 0.3) is 0 Å². The fourth-order valence-electron chi connectivity index (χ4n) is 1.25. The second-order valence-electron chi connectivity index (χ2n) is 3.21. The van der Waals surface area contributed by atoms with Crippen molar-refractivity contribution in [3.05, 3.63) is 5.01 Å². The van der Waals surface area contributed by atoms with Gasteiger partial charge in [0.15, 0.2) is 0 Å². The molecular formula is C9H17N3S. The standard InChI is InChI=1S/C9H17N3S/c1-2-3-4-5-6-7-8-11-9(10)12-13-8/h2-7H2,1H3,(H2,10,12). The molecule has 0 aromatic carbocycles. The van der Waals surface area contributed by atoms with E-state index < -0.39 is 0 Å². The zero-order valence-electron chi connectivity index (χ0n) is 8.12. The molecule has 2 N–H and O–H groups in total. The lowest BCUT2D eigenvalue weighted by Gasteiger charge is -1.96. The maximum Gasteiger partial charge on any atom is 0.232 e. The van der Waals surface area contributed by atoms with Crippen molar-refractivity contribution in [2.24, 2.45) is 0 Å². The molecule has 1 heterocycles. The van der Waals surface area contributed by atoms with Crippen LogP contribution in [0.4, 0.5) is 5.95 Å². The first-order valence-corrected chi connectivity index (χ1v) is 5.68. The Bertz CT molecular complexity index is 235. The zero-order valence-corrected chi connectivity index (χ0v) is 8.94. The molecule has 0 atom stereocenters. The summed E-state index contributed by atoms with van der Waals surface area (Å²) in [6.45, 7) is 2.23. The highest BCUT2D eigenvalue weighted by Gasteiger charge is 1.99. The van der Waals surface area contributed by atoms with E-state index in [4.69, 9.17) is 5.73 Å². The van der Waals surface area contributed by atoms with Crippen LogP contribution >= 0.6 is 11.5 Å². The molecule has 74 valence electrons. The summed E-state index contributed by atoms with van der Waals surface area (Å²) in [6, 6.07) is 0. The Morgan fingerprint density at radius 1 is 1.23 bits per heavy atom. The Hall–Kier alpha value is -0.640. The van der Waals surface area contributed by atoms with Crippen LogP contribution in [0.2, 0.25) is 0 Å². The van der Waals surface area contributed by atoms with Gasteiger partial charge < -0.3 is 5.73 Å². The Labute approximate surface area is 83.5 Å². The number of nitrogens with zero attached hydrogens (tertiary/aromatic N) is 2. The van der Waals surface area contributed by atoms with Gasteiger partial charge in [0.2, 0.25) is 5.95 Å². The molecule has 0 spiro atoms. The van der Waals surface area contributed by atoms with Crippen molar-refractivity contribution in [1.82, 2.24) is 9.36 Å². The third-order valence-electron chi connectivity index (χ3n) is 1.98. The van der Waals surface area contributed by atoms with E-state index in [-0.39, 0.29) is 0 Å². The van der Waals surface area contributed by atoms with Crippen molar-refractivity contribution in [3.63, 3.8) is 0 Å². The van der Waals surface area contributed by atoms with Crippen LogP contribution in [0.25, 0.3) is 0 Å². The van der Waals surface area contributed by atoms with Crippen molar-refractivity contribution in [3.8, 4) is 0 Å². The zero-order chi connectivity index (χ0) is 9.52. The molecule has 1 aromatic rings. The fourth-order valence-corrected chi connectivity index (χ4v) is 1.86. The van der Waals surface area contributed by atoms with Gasteiger partial charge >= 0.3 is 0 Å². The van der Waals surface area contributed by atoms with E-state index in [1.54, 1.807) is 0 Å². The maximum atomic E-state index is 5.42. The van der Waals surface area contributed by atoms with Crippen LogP contribution in [-0.4, -0.2) is 9.36 Å². The summed E-state index contributed by atoms with van der Waals surface area (Å²) in [4.78, 5) is 4.11. The summed E-state index contributed by atoms with van der Waals surface area (Å²) >= 11 is 1.43. The summed E-state index contributed by atoms with van der Waals surface area (Å²) in [5.41, 5.74) is 5.42. The summed E-state index contributed by atoms with van der Waals surface area (Å²) in [5, 5.41) is 1.08. The molecule has 0 radical (unpaired) electrons. The molecule has 4 heteroatoms. The molecule has 0 unspecified atom stereocenters. The molecule has 0 saturated carbocycles. The number of unbranched alkanes of at least 4 members (excludes halogenated alkanes) is 4. The van der Waals surface area contributed by atoms with Crippen LogP contribution in [0.15, 0.2) is 0 Å². The van der Waals surface area contributed by atoms with Crippen LogP contribution in [0.5, 0.6) is 0 Å². The van der Waals surface area contributed by atoms with Crippen molar-refractivity contribution in [2.75, 3.05) is 5.73 Å². The minimum Gasteiger partial charge on any atom is -0.367 e. The number of anilines is 1. The topological polar surface area (TPSA) is 51.8 Å². The van der Waals surface area contributed by atoms with Gasteiger partial charge in [0, 0.05) is 6.42 Å². The average molecular weight is 199 g/mol. The van der Waals surface area contributed by atoms with E-state index in [0.717, 1.165) is 11.4 Å². The first kappa shape index (κ1) is 10.4. The second kappa shape index (κ2) is 5.91. The van der Waals surface area contributed by atoms with Crippen LogP contribution in [0, 0.1) is 0 Å². The summed E-state index contributed by atoms with van der Waals surface area (Å²) in [7, 11) is 0. The number of rotatable bonds is 6. The molecular weight excluding hydrogens is 182 g/mol. The third-order valence-corrected chi connectivity index (χ3v) is 2.76. The molecule has 0 aliphatic carbocycles. The smallest absolute Gasteiger partial charge is 0.232 e. The fraction of sp³-hybridized carbons (Fsp3) is 0.778. The van der Waals surface area contributed by atoms with E-state index in [1.165, 1.54) is 43.6 Å². The molecule has 1 aromatic heterocycles. The molecule has 0 bridgehead atoms. The average Bonchev–Trinajstić information content (AvgIpc) is 2.51. The first-order chi connectivity index (χ1) is 6.33. The Morgan fingerprint density at radius 2 is 2.00 bits per heavy atom. The molecule has 13 heavy (non-hydrogen) atoms. The van der Waals surface area contributed by atoms with Gasteiger partial charge in [-0.25, -0.2) is 4.98 Å². The SMILES string of the molecule is CCCCCCCc1nc(N)ns1. The van der Waals surface area contributed by atoms with Crippen molar-refractivity contribution >= 4 is 17.5 Å². The van der Waals surface area contributed by atoms with Gasteiger partial charge in [0.1, 0.15) is 5.01 Å². The van der Waals surface area contributed by atoms with Crippen LogP contribution in [-0.2, 0) is 6.42 Å². The lowest BCUT2D eigenvalue weighted by Crippen LogP contribution is -1.88. The number of hydrogen-bond acceptors (Lipinski definition) is 4. The Balaban J connectivity index is 2.06. The normalized spacial score (nSPS) is 10.5. The van der Waals surface area contributed by atoms with E-state index in [2.05, 4.69) is 16.3 Å². The number of aromatic nitrogens is 2. The minimum atomic E-state index is 0.425. The summed E-state index contributed by atoms with van der Waals surface area (Å²) in [5.74, 6) is 0.425. The van der Waals surface area contributed by atoms with Gasteiger partial charge in [-0.15, -0.1) is 0 Å². The highest BCUT2D eigenvalue weighted by molar-refractivity contribution is 7.05. The van der Waals surface area contributed by atoms with E-state index in [9.17, 15) is 0 Å². The predicted molar refractivity (Wildman–Crippen MR) is 56.8 cm³/mol. The van der Waals surface area contributed by atoms with Crippen molar-refractivity contribution in [2.45, 2.75) is 45.4 Å². The van der Waals surface area contributed by atoms with Gasteiger partial charge in [-0.2, -0.15) is 4.37 Å². The molecule has 3 nitrogen and oxygen atoms in total. The number of nitrogens with two attached hydrogens (primary N) is 1.